The predicted octanol–water partition coefficient (Wildman–Crippen LogP) is 5.32. The number of dihydropyridines is 1. The lowest BCUT2D eigenvalue weighted by molar-refractivity contribution is -0.386. The van der Waals surface area contributed by atoms with Crippen molar-refractivity contribution in [2.75, 3.05) is 12.4 Å². The highest BCUT2D eigenvalue weighted by Gasteiger charge is 2.38. The number of ketones is 1. The maximum Gasteiger partial charge on any atom is 0.311 e. The Labute approximate surface area is 235 Å². The first-order valence-electron chi connectivity index (χ1n) is 13.0. The number of aromatic nitrogens is 1. The van der Waals surface area contributed by atoms with Gasteiger partial charge in [0.2, 0.25) is 0 Å². The highest BCUT2D eigenvalue weighted by Crippen LogP contribution is 2.43. The van der Waals surface area contributed by atoms with Gasteiger partial charge >= 0.3 is 5.69 Å². The Morgan fingerprint density at radius 1 is 1.17 bits per heavy atom. The summed E-state index contributed by atoms with van der Waals surface area (Å²) in [5, 5.41) is 17.5. The zero-order valence-corrected chi connectivity index (χ0v) is 22.4. The number of Topliss-reactive ketones (excluding diaryl/α,β-unsaturated/α-hetero) is 1. The fourth-order valence-electron chi connectivity index (χ4n) is 5.24. The lowest BCUT2D eigenvalue weighted by Crippen LogP contribution is -2.35. The molecule has 2 heterocycles. The zero-order chi connectivity index (χ0) is 29.1. The van der Waals surface area contributed by atoms with Crippen LogP contribution in [0.15, 0.2) is 83.3 Å². The van der Waals surface area contributed by atoms with Crippen LogP contribution in [0.25, 0.3) is 0 Å². The molecule has 0 radical (unpaired) electrons. The quantitative estimate of drug-likeness (QED) is 0.280. The molecule has 1 atom stereocenters. The van der Waals surface area contributed by atoms with E-state index in [1.807, 2.05) is 0 Å². The number of allylic oxidation sites excluding steroid dienone is 3. The van der Waals surface area contributed by atoms with Gasteiger partial charge in [0.1, 0.15) is 24.0 Å². The molecule has 0 spiro atoms. The molecule has 41 heavy (non-hydrogen) atoms. The van der Waals surface area contributed by atoms with Crippen molar-refractivity contribution in [3.8, 4) is 11.5 Å². The molecule has 5 rings (SSSR count). The average Bonchev–Trinajstić information content (AvgIpc) is 2.95. The van der Waals surface area contributed by atoms with Crippen molar-refractivity contribution in [1.82, 2.24) is 10.3 Å². The number of carbonyl (C=O) groups excluding carboxylic acids is 2. The second-order valence-electron chi connectivity index (χ2n) is 9.66. The van der Waals surface area contributed by atoms with Crippen LogP contribution in [0.4, 0.5) is 15.9 Å². The number of methoxy groups -OCH3 is 1. The first kappa shape index (κ1) is 27.5. The summed E-state index contributed by atoms with van der Waals surface area (Å²) in [5.41, 5.74) is 3.02. The highest BCUT2D eigenvalue weighted by molar-refractivity contribution is 6.09. The van der Waals surface area contributed by atoms with E-state index in [-0.39, 0.29) is 23.8 Å². The van der Waals surface area contributed by atoms with Gasteiger partial charge in [0.25, 0.3) is 5.91 Å². The third-order valence-corrected chi connectivity index (χ3v) is 7.07. The summed E-state index contributed by atoms with van der Waals surface area (Å²) in [6, 6.07) is 13.3. The molecule has 210 valence electrons. The minimum atomic E-state index is -0.698. The van der Waals surface area contributed by atoms with Crippen molar-refractivity contribution in [3.05, 3.63) is 110 Å². The highest BCUT2D eigenvalue weighted by atomic mass is 19.1. The van der Waals surface area contributed by atoms with Gasteiger partial charge in [-0.2, -0.15) is 0 Å². The van der Waals surface area contributed by atoms with Crippen LogP contribution < -0.4 is 20.1 Å². The van der Waals surface area contributed by atoms with E-state index in [1.165, 1.54) is 7.11 Å². The molecule has 10 nitrogen and oxygen atoms in total. The number of halogens is 1. The monoisotopic (exact) mass is 558 g/mol. The largest absolute Gasteiger partial charge is 0.496 e. The smallest absolute Gasteiger partial charge is 0.311 e. The number of hydrogen-bond donors (Lipinski definition) is 2. The number of benzene rings is 2. The van der Waals surface area contributed by atoms with Gasteiger partial charge < -0.3 is 20.1 Å². The zero-order valence-electron chi connectivity index (χ0n) is 22.4. The van der Waals surface area contributed by atoms with E-state index in [9.17, 15) is 24.1 Å². The first-order chi connectivity index (χ1) is 19.8. The van der Waals surface area contributed by atoms with Gasteiger partial charge in [-0.25, -0.2) is 9.37 Å². The number of ether oxygens (including phenoxy) is 2. The van der Waals surface area contributed by atoms with E-state index in [1.54, 1.807) is 49.5 Å². The van der Waals surface area contributed by atoms with Gasteiger partial charge in [-0.3, -0.25) is 19.7 Å². The van der Waals surface area contributed by atoms with Crippen molar-refractivity contribution >= 4 is 23.2 Å². The van der Waals surface area contributed by atoms with Gasteiger partial charge in [-0.1, -0.05) is 12.1 Å². The number of nitrogens with one attached hydrogen (secondary N) is 2. The summed E-state index contributed by atoms with van der Waals surface area (Å²) in [6.07, 6.45) is 3.30. The van der Waals surface area contributed by atoms with Crippen molar-refractivity contribution < 1.29 is 28.4 Å². The molecule has 1 aliphatic carbocycles. The molecule has 11 heteroatoms. The Bertz CT molecular complexity index is 1600. The molecular weight excluding hydrogens is 531 g/mol. The Balaban J connectivity index is 1.55. The van der Waals surface area contributed by atoms with Crippen LogP contribution in [0.2, 0.25) is 0 Å². The average molecular weight is 559 g/mol. The lowest BCUT2D eigenvalue weighted by Gasteiger charge is -2.34. The number of anilines is 1. The van der Waals surface area contributed by atoms with Gasteiger partial charge in [-0.05, 0) is 55.7 Å². The molecule has 0 unspecified atom stereocenters. The number of pyridine rings is 1. The molecule has 0 bridgehead atoms. The minimum Gasteiger partial charge on any atom is -0.496 e. The van der Waals surface area contributed by atoms with Crippen LogP contribution in [0.5, 0.6) is 11.5 Å². The number of hydrogen-bond acceptors (Lipinski definition) is 8. The first-order valence-corrected chi connectivity index (χ1v) is 13.0. The van der Waals surface area contributed by atoms with Gasteiger partial charge in [0.05, 0.1) is 12.0 Å². The summed E-state index contributed by atoms with van der Waals surface area (Å²) in [4.78, 5) is 41.9. The van der Waals surface area contributed by atoms with E-state index >= 15 is 0 Å². The summed E-state index contributed by atoms with van der Waals surface area (Å²) in [6.45, 7) is 1.60. The number of nitro groups is 1. The Morgan fingerprint density at radius 2 is 2.00 bits per heavy atom. The van der Waals surface area contributed by atoms with Gasteiger partial charge in [0, 0.05) is 58.8 Å². The fourth-order valence-corrected chi connectivity index (χ4v) is 5.24. The number of carbonyl (C=O) groups is 2. The Morgan fingerprint density at radius 3 is 2.73 bits per heavy atom. The van der Waals surface area contributed by atoms with Crippen molar-refractivity contribution in [3.63, 3.8) is 0 Å². The molecule has 2 aliphatic rings. The van der Waals surface area contributed by atoms with Crippen molar-refractivity contribution in [1.29, 1.82) is 0 Å². The van der Waals surface area contributed by atoms with Crippen LogP contribution >= 0.6 is 0 Å². The summed E-state index contributed by atoms with van der Waals surface area (Å²) >= 11 is 0. The normalized spacial score (nSPS) is 16.6. The summed E-state index contributed by atoms with van der Waals surface area (Å²) in [7, 11) is 1.47. The Kier molecular flexibility index (Phi) is 7.77. The van der Waals surface area contributed by atoms with E-state index in [0.717, 1.165) is 23.9 Å². The van der Waals surface area contributed by atoms with Crippen molar-refractivity contribution in [2.24, 2.45) is 0 Å². The third kappa shape index (κ3) is 5.65. The van der Waals surface area contributed by atoms with Crippen LogP contribution in [0.1, 0.15) is 43.2 Å². The molecule has 1 aliphatic heterocycles. The van der Waals surface area contributed by atoms with Crippen LogP contribution in [-0.4, -0.2) is 28.7 Å². The predicted molar refractivity (Wildman–Crippen MR) is 148 cm³/mol. The van der Waals surface area contributed by atoms with E-state index < -0.39 is 22.6 Å². The van der Waals surface area contributed by atoms with Crippen LogP contribution in [-0.2, 0) is 16.2 Å². The van der Waals surface area contributed by atoms with Crippen LogP contribution in [0.3, 0.4) is 0 Å². The molecule has 1 aromatic heterocycles. The number of nitrogens with zero attached hydrogens (tertiary/aromatic N) is 2. The van der Waals surface area contributed by atoms with Crippen LogP contribution in [0, 0.1) is 15.9 Å². The fraction of sp³-hybridized carbons (Fsp3) is 0.233. The molecule has 0 fully saturated rings. The molecular formula is C30H27FN4O6. The topological polar surface area (TPSA) is 133 Å². The molecule has 2 N–H and O–H groups in total. The maximum absolute atomic E-state index is 13.9. The summed E-state index contributed by atoms with van der Waals surface area (Å²) in [5.74, 6) is -1.28. The molecule has 2 aromatic carbocycles. The standard InChI is InChI=1S/C30H27FN4O6/c1-17-27(30(37)34-26-8-3-4-13-32-26)28(29-21(33-17)6-5-7-23(29)36)18-9-12-24(40-2)19(14-18)16-41-25-15-20(31)10-11-22(25)35(38)39/h3-4,8-15,28,33H,5-7,16H2,1-2H3,(H,32,34,37)/t28-/m0/s1. The molecule has 3 aromatic rings. The van der Waals surface area contributed by atoms with E-state index in [2.05, 4.69) is 15.6 Å². The number of nitro benzene ring substituents is 1. The summed E-state index contributed by atoms with van der Waals surface area (Å²) < 4.78 is 25.1. The second-order valence-corrected chi connectivity index (χ2v) is 9.66. The number of amides is 1. The van der Waals surface area contributed by atoms with E-state index in [0.29, 0.717) is 58.8 Å². The Hall–Kier alpha value is -5.06. The maximum atomic E-state index is 13.9. The van der Waals surface area contributed by atoms with Gasteiger partial charge in [-0.15, -0.1) is 0 Å². The molecule has 1 amide bonds. The second kappa shape index (κ2) is 11.6. The van der Waals surface area contributed by atoms with Gasteiger partial charge in [0.15, 0.2) is 11.5 Å². The molecule has 0 saturated carbocycles. The number of rotatable bonds is 8. The third-order valence-electron chi connectivity index (χ3n) is 7.07. The SMILES string of the molecule is COc1ccc([C@H]2C(C(=O)Nc3ccccn3)=C(C)NC3=C2C(=O)CCC3)cc1COc1cc(F)ccc1[N+](=O)[O-]. The minimum absolute atomic E-state index is 0.0524. The van der Waals surface area contributed by atoms with Crippen molar-refractivity contribution in [2.45, 2.75) is 38.7 Å². The van der Waals surface area contributed by atoms with E-state index in [4.69, 9.17) is 9.47 Å². The molecule has 0 saturated heterocycles. The lowest BCUT2D eigenvalue weighted by atomic mass is 9.74.